The average molecular weight is 241 g/mol. The topological polar surface area (TPSA) is 18.5 Å². The van der Waals surface area contributed by atoms with Crippen LogP contribution in [0.15, 0.2) is 0 Å². The molecule has 1 fully saturated rings. The van der Waals surface area contributed by atoms with E-state index >= 15 is 0 Å². The van der Waals surface area contributed by atoms with E-state index in [9.17, 15) is 0 Å². The number of rotatable bonds is 1. The predicted octanol–water partition coefficient (Wildman–Crippen LogP) is 0.0884. The van der Waals surface area contributed by atoms with E-state index in [1.54, 1.807) is 0 Å². The Morgan fingerprint density at radius 1 is 1.22 bits per heavy atom. The van der Waals surface area contributed by atoms with Gasteiger partial charge in [0.15, 0.2) is 0 Å². The van der Waals surface area contributed by atoms with Gasteiger partial charge in [0.2, 0.25) is 0 Å². The fraction of sp³-hybridized carbons (Fsp3) is 1.00. The van der Waals surface area contributed by atoms with Crippen molar-refractivity contribution in [3.63, 3.8) is 0 Å². The predicted molar refractivity (Wildman–Crippen MR) is 46.2 cm³/mol. The average Bonchev–Trinajstić information content (AvgIpc) is 1.90. The van der Waals surface area contributed by atoms with Crippen LogP contribution in [0.25, 0.3) is 0 Å². The number of hydrogen-bond acceptors (Lipinski definition) is 3. The molecule has 1 saturated heterocycles. The molecule has 0 aromatic rings. The van der Waals surface area contributed by atoms with Gasteiger partial charge in [-0.3, -0.25) is 5.43 Å². The largest absolute Gasteiger partial charge is 0.258 e. The van der Waals surface area contributed by atoms with Gasteiger partial charge in [-0.1, -0.05) is 0 Å². The highest BCUT2D eigenvalue weighted by Crippen LogP contribution is 2.03. The number of hydrogen-bond donors (Lipinski definition) is 1. The Hall–Kier alpha value is 0.610. The molecule has 54 valence electrons. The molecule has 1 aliphatic rings. The first-order valence-electron chi connectivity index (χ1n) is 3.16. The van der Waals surface area contributed by atoms with Crippen molar-refractivity contribution in [2.45, 2.75) is 0 Å². The van der Waals surface area contributed by atoms with E-state index in [1.165, 1.54) is 13.1 Å². The zero-order valence-electron chi connectivity index (χ0n) is 5.60. The molecule has 1 heterocycles. The van der Waals surface area contributed by atoms with Gasteiger partial charge in [0.1, 0.15) is 0 Å². The van der Waals surface area contributed by atoms with Crippen LogP contribution in [0.4, 0.5) is 0 Å². The molecule has 1 aliphatic heterocycles. The van der Waals surface area contributed by atoms with Crippen LogP contribution in [0.2, 0.25) is 0 Å². The van der Waals surface area contributed by atoms with Crippen LogP contribution in [-0.4, -0.2) is 41.3 Å². The normalized spacial score (nSPS) is 24.7. The van der Waals surface area contributed by atoms with E-state index in [4.69, 9.17) is 0 Å². The Bertz CT molecular complexity index is 80.3. The van der Waals surface area contributed by atoms with Crippen molar-refractivity contribution in [2.24, 2.45) is 0 Å². The van der Waals surface area contributed by atoms with E-state index in [1.807, 2.05) is 7.05 Å². The zero-order chi connectivity index (χ0) is 6.69. The smallest absolute Gasteiger partial charge is 0.0267 e. The number of hydrazine groups is 1. The number of piperazine rings is 1. The van der Waals surface area contributed by atoms with Crippen molar-refractivity contribution in [3.05, 3.63) is 0 Å². The quantitative estimate of drug-likeness (QED) is 0.518. The van der Waals surface area contributed by atoms with Gasteiger partial charge < -0.3 is 0 Å². The summed E-state index contributed by atoms with van der Waals surface area (Å²) in [6.45, 7) is 4.61. The number of nitrogens with one attached hydrogen (secondary N) is 1. The van der Waals surface area contributed by atoms with Crippen molar-refractivity contribution in [2.75, 3.05) is 33.2 Å². The summed E-state index contributed by atoms with van der Waals surface area (Å²) in [5.74, 6) is 0. The van der Waals surface area contributed by atoms with Crippen molar-refractivity contribution >= 4 is 22.9 Å². The molecular formula is C5H12IN3. The molecule has 4 heteroatoms. The highest BCUT2D eigenvalue weighted by atomic mass is 127. The monoisotopic (exact) mass is 241 g/mol. The minimum Gasteiger partial charge on any atom is -0.258 e. The van der Waals surface area contributed by atoms with Gasteiger partial charge in [0.05, 0.1) is 0 Å². The molecule has 0 aromatic heterocycles. The molecule has 0 saturated carbocycles. The third kappa shape index (κ3) is 2.37. The van der Waals surface area contributed by atoms with Crippen LogP contribution >= 0.6 is 22.9 Å². The fourth-order valence-corrected chi connectivity index (χ4v) is 1.34. The molecule has 0 atom stereocenters. The summed E-state index contributed by atoms with van der Waals surface area (Å²) >= 11 is 2.36. The molecule has 0 aliphatic carbocycles. The van der Waals surface area contributed by atoms with Crippen LogP contribution in [0.1, 0.15) is 0 Å². The zero-order valence-corrected chi connectivity index (χ0v) is 7.76. The second kappa shape index (κ2) is 3.70. The Labute approximate surface area is 69.9 Å². The Morgan fingerprint density at radius 3 is 2.22 bits per heavy atom. The van der Waals surface area contributed by atoms with Gasteiger partial charge in [-0.15, -0.1) is 0 Å². The summed E-state index contributed by atoms with van der Waals surface area (Å²) in [4.78, 5) is 0. The second-order valence-corrected chi connectivity index (χ2v) is 3.49. The maximum atomic E-state index is 3.13. The summed E-state index contributed by atoms with van der Waals surface area (Å²) in [6, 6.07) is 0. The van der Waals surface area contributed by atoms with Crippen molar-refractivity contribution < 1.29 is 0 Å². The Balaban J connectivity index is 2.18. The number of nitrogens with zero attached hydrogens (tertiary/aromatic N) is 2. The van der Waals surface area contributed by atoms with E-state index in [0.29, 0.717) is 0 Å². The molecule has 0 bridgehead atoms. The van der Waals surface area contributed by atoms with E-state index in [0.717, 1.165) is 13.1 Å². The minimum atomic E-state index is 1.14. The van der Waals surface area contributed by atoms with Crippen molar-refractivity contribution in [1.82, 2.24) is 13.5 Å². The number of halogens is 1. The molecule has 3 nitrogen and oxygen atoms in total. The molecule has 0 amide bonds. The van der Waals surface area contributed by atoms with Gasteiger partial charge in [-0.2, -0.15) is 0 Å². The lowest BCUT2D eigenvalue weighted by Crippen LogP contribution is -2.47. The molecule has 1 N–H and O–H groups in total. The van der Waals surface area contributed by atoms with Gasteiger partial charge >= 0.3 is 0 Å². The summed E-state index contributed by atoms with van der Waals surface area (Å²) in [5.41, 5.74) is 3.13. The van der Waals surface area contributed by atoms with Crippen LogP contribution in [0.5, 0.6) is 0 Å². The SMILES string of the molecule is CNN1CCN(I)CC1. The molecule has 9 heavy (non-hydrogen) atoms. The first kappa shape index (κ1) is 7.71. The Kier molecular flexibility index (Phi) is 3.17. The van der Waals surface area contributed by atoms with Crippen molar-refractivity contribution in [3.8, 4) is 0 Å². The molecule has 0 aromatic carbocycles. The summed E-state index contributed by atoms with van der Waals surface area (Å²) in [6.07, 6.45) is 0. The fourth-order valence-electron chi connectivity index (χ4n) is 0.906. The lowest BCUT2D eigenvalue weighted by Gasteiger charge is -2.29. The van der Waals surface area contributed by atoms with Gasteiger partial charge in [-0.05, 0) is 7.05 Å². The van der Waals surface area contributed by atoms with Gasteiger partial charge in [0, 0.05) is 49.0 Å². The second-order valence-electron chi connectivity index (χ2n) is 2.12. The van der Waals surface area contributed by atoms with Gasteiger partial charge in [0.25, 0.3) is 0 Å². The summed E-state index contributed by atoms with van der Waals surface area (Å²) in [5, 5.41) is 2.23. The van der Waals surface area contributed by atoms with Crippen molar-refractivity contribution in [1.29, 1.82) is 0 Å². The highest BCUT2D eigenvalue weighted by molar-refractivity contribution is 14.1. The van der Waals surface area contributed by atoms with Crippen LogP contribution < -0.4 is 5.43 Å². The van der Waals surface area contributed by atoms with E-state index in [2.05, 4.69) is 36.4 Å². The standard InChI is InChI=1S/C5H12IN3/c1-7-9-4-2-8(6)3-5-9/h7H,2-5H2,1H3. The van der Waals surface area contributed by atoms with Crippen LogP contribution in [0.3, 0.4) is 0 Å². The van der Waals surface area contributed by atoms with E-state index < -0.39 is 0 Å². The third-order valence-corrected chi connectivity index (χ3v) is 2.51. The lowest BCUT2D eigenvalue weighted by molar-refractivity contribution is 0.155. The summed E-state index contributed by atoms with van der Waals surface area (Å²) < 4.78 is 2.31. The Morgan fingerprint density at radius 2 is 1.78 bits per heavy atom. The first-order valence-corrected chi connectivity index (χ1v) is 4.12. The molecule has 0 spiro atoms. The molecule has 0 unspecified atom stereocenters. The maximum Gasteiger partial charge on any atom is 0.0267 e. The molecule has 1 rings (SSSR count). The maximum absolute atomic E-state index is 3.13. The first-order chi connectivity index (χ1) is 4.33. The highest BCUT2D eigenvalue weighted by Gasteiger charge is 2.11. The molecular weight excluding hydrogens is 229 g/mol. The van der Waals surface area contributed by atoms with Gasteiger partial charge in [-0.25, -0.2) is 8.12 Å². The third-order valence-electron chi connectivity index (χ3n) is 1.54. The van der Waals surface area contributed by atoms with Crippen LogP contribution in [-0.2, 0) is 0 Å². The van der Waals surface area contributed by atoms with Crippen LogP contribution in [0, 0.1) is 0 Å². The summed E-state index contributed by atoms with van der Waals surface area (Å²) in [7, 11) is 1.98. The minimum absolute atomic E-state index is 1.14. The molecule has 0 radical (unpaired) electrons. The van der Waals surface area contributed by atoms with E-state index in [-0.39, 0.29) is 0 Å². The lowest BCUT2D eigenvalue weighted by atomic mass is 10.4.